The van der Waals surface area contributed by atoms with Gasteiger partial charge in [-0.25, -0.2) is 8.42 Å². The van der Waals surface area contributed by atoms with Gasteiger partial charge in [0.1, 0.15) is 12.6 Å². The fourth-order valence-electron chi connectivity index (χ4n) is 3.94. The van der Waals surface area contributed by atoms with Gasteiger partial charge in [-0.2, -0.15) is 0 Å². The minimum absolute atomic E-state index is 0.135. The molecule has 0 fully saturated rings. The fourth-order valence-corrected chi connectivity index (χ4v) is 5.09. The van der Waals surface area contributed by atoms with E-state index in [1.165, 1.54) is 11.9 Å². The Kier molecular flexibility index (Phi) is 9.12. The predicted molar refractivity (Wildman–Crippen MR) is 143 cm³/mol. The molecule has 1 atom stereocenters. The van der Waals surface area contributed by atoms with E-state index in [1.807, 2.05) is 61.5 Å². The van der Waals surface area contributed by atoms with E-state index in [0.29, 0.717) is 0 Å². The van der Waals surface area contributed by atoms with Crippen molar-refractivity contribution in [3.63, 3.8) is 0 Å². The van der Waals surface area contributed by atoms with E-state index in [0.717, 1.165) is 27.3 Å². The van der Waals surface area contributed by atoms with Gasteiger partial charge in [-0.1, -0.05) is 78.3 Å². The molecule has 0 bridgehead atoms. The van der Waals surface area contributed by atoms with Crippen LogP contribution in [0.25, 0.3) is 0 Å². The van der Waals surface area contributed by atoms with E-state index in [1.54, 1.807) is 24.3 Å². The maximum atomic E-state index is 13.8. The summed E-state index contributed by atoms with van der Waals surface area (Å²) < 4.78 is 26.4. The summed E-state index contributed by atoms with van der Waals surface area (Å²) in [6.45, 7) is 1.56. The molecule has 190 valence electrons. The third-order valence-electron chi connectivity index (χ3n) is 5.92. The molecule has 1 N–H and O–H groups in total. The Hall–Kier alpha value is -3.36. The van der Waals surface area contributed by atoms with Crippen LogP contribution in [0.1, 0.15) is 16.7 Å². The zero-order chi connectivity index (χ0) is 26.3. The van der Waals surface area contributed by atoms with Crippen molar-refractivity contribution in [1.29, 1.82) is 0 Å². The number of para-hydroxylation sites is 1. The number of carbonyl (C=O) groups excluding carboxylic acids is 2. The lowest BCUT2D eigenvalue weighted by molar-refractivity contribution is -0.139. The van der Waals surface area contributed by atoms with Crippen molar-refractivity contribution in [2.75, 3.05) is 24.2 Å². The number of benzene rings is 3. The summed E-state index contributed by atoms with van der Waals surface area (Å²) in [7, 11) is -2.34. The second kappa shape index (κ2) is 12.1. The van der Waals surface area contributed by atoms with Crippen LogP contribution in [0.15, 0.2) is 78.9 Å². The minimum Gasteiger partial charge on any atom is -0.357 e. The second-order valence-corrected chi connectivity index (χ2v) is 10.8. The van der Waals surface area contributed by atoms with E-state index in [-0.39, 0.29) is 29.6 Å². The summed E-state index contributed by atoms with van der Waals surface area (Å²) in [6, 6.07) is 22.5. The molecule has 0 saturated heterocycles. The average molecular weight is 528 g/mol. The molecular weight excluding hydrogens is 498 g/mol. The lowest BCUT2D eigenvalue weighted by Crippen LogP contribution is -2.53. The molecule has 0 aliphatic carbocycles. The zero-order valence-corrected chi connectivity index (χ0v) is 22.1. The number of sulfonamides is 1. The second-order valence-electron chi connectivity index (χ2n) is 8.49. The quantitative estimate of drug-likeness (QED) is 0.434. The van der Waals surface area contributed by atoms with Crippen LogP contribution in [0.2, 0.25) is 5.02 Å². The summed E-state index contributed by atoms with van der Waals surface area (Å²) in [5.74, 6) is -0.863. The number of carbonyl (C=O) groups is 2. The van der Waals surface area contributed by atoms with Gasteiger partial charge in [0.25, 0.3) is 0 Å². The molecule has 3 aromatic carbocycles. The van der Waals surface area contributed by atoms with Gasteiger partial charge in [0.2, 0.25) is 21.8 Å². The fraction of sp³-hybridized carbons (Fsp3) is 0.259. The van der Waals surface area contributed by atoms with Crippen molar-refractivity contribution in [3.8, 4) is 0 Å². The number of hydrogen-bond donors (Lipinski definition) is 1. The molecular formula is C27H30ClN3O4S. The van der Waals surface area contributed by atoms with Crippen molar-refractivity contribution in [1.82, 2.24) is 10.2 Å². The number of amides is 2. The summed E-state index contributed by atoms with van der Waals surface area (Å²) >= 11 is 6.29. The lowest BCUT2D eigenvalue weighted by Gasteiger charge is -2.33. The SMILES string of the molecule is CNC(=O)[C@@H](Cc1ccccc1)N(Cc1ccccc1C)C(=O)CN(c1ccccc1Cl)S(C)(=O)=O. The molecule has 0 aromatic heterocycles. The molecule has 0 heterocycles. The van der Waals surface area contributed by atoms with E-state index in [4.69, 9.17) is 11.6 Å². The average Bonchev–Trinajstić information content (AvgIpc) is 2.85. The number of halogens is 1. The first kappa shape index (κ1) is 27.2. The van der Waals surface area contributed by atoms with Gasteiger partial charge >= 0.3 is 0 Å². The molecule has 0 unspecified atom stereocenters. The molecule has 0 spiro atoms. The highest BCUT2D eigenvalue weighted by Crippen LogP contribution is 2.28. The van der Waals surface area contributed by atoms with Gasteiger partial charge in [-0.3, -0.25) is 13.9 Å². The van der Waals surface area contributed by atoms with Crippen LogP contribution >= 0.6 is 11.6 Å². The van der Waals surface area contributed by atoms with E-state index in [2.05, 4.69) is 5.32 Å². The van der Waals surface area contributed by atoms with Crippen molar-refractivity contribution < 1.29 is 18.0 Å². The maximum absolute atomic E-state index is 13.8. The maximum Gasteiger partial charge on any atom is 0.244 e. The van der Waals surface area contributed by atoms with Gasteiger partial charge < -0.3 is 10.2 Å². The van der Waals surface area contributed by atoms with Gasteiger partial charge in [0.15, 0.2) is 0 Å². The first-order valence-corrected chi connectivity index (χ1v) is 13.7. The summed E-state index contributed by atoms with van der Waals surface area (Å²) in [4.78, 5) is 28.4. The zero-order valence-electron chi connectivity index (χ0n) is 20.5. The van der Waals surface area contributed by atoms with Crippen molar-refractivity contribution in [3.05, 3.63) is 101 Å². The van der Waals surface area contributed by atoms with Crippen LogP contribution in [-0.2, 0) is 32.6 Å². The van der Waals surface area contributed by atoms with Crippen LogP contribution in [0.3, 0.4) is 0 Å². The largest absolute Gasteiger partial charge is 0.357 e. The standard InChI is InChI=1S/C27H30ClN3O4S/c1-20-11-7-8-14-22(20)18-30(25(27(33)29-2)17-21-12-5-4-6-13-21)26(32)19-31(36(3,34)35)24-16-10-9-15-23(24)28/h4-16,25H,17-19H2,1-3H3,(H,29,33)/t25-/m1/s1. The number of aryl methyl sites for hydroxylation is 1. The number of rotatable bonds is 10. The van der Waals surface area contributed by atoms with Gasteiger partial charge in [-0.05, 0) is 35.7 Å². The Bertz CT molecular complexity index is 1320. The van der Waals surface area contributed by atoms with Gasteiger partial charge in [0.05, 0.1) is 17.0 Å². The summed E-state index contributed by atoms with van der Waals surface area (Å²) in [5.41, 5.74) is 2.89. The van der Waals surface area contributed by atoms with Crippen molar-refractivity contribution >= 4 is 39.1 Å². The van der Waals surface area contributed by atoms with Crippen LogP contribution in [-0.4, -0.2) is 51.0 Å². The summed E-state index contributed by atoms with van der Waals surface area (Å²) in [6.07, 6.45) is 1.29. The van der Waals surface area contributed by atoms with Crippen LogP contribution < -0.4 is 9.62 Å². The Morgan fingerprint density at radius 2 is 1.56 bits per heavy atom. The Labute approximate surface area is 217 Å². The van der Waals surface area contributed by atoms with E-state index < -0.39 is 28.5 Å². The van der Waals surface area contributed by atoms with E-state index in [9.17, 15) is 18.0 Å². The highest BCUT2D eigenvalue weighted by Gasteiger charge is 2.33. The molecule has 36 heavy (non-hydrogen) atoms. The topological polar surface area (TPSA) is 86.8 Å². The molecule has 3 aromatic rings. The third-order valence-corrected chi connectivity index (χ3v) is 7.37. The molecule has 9 heteroatoms. The molecule has 2 amide bonds. The monoisotopic (exact) mass is 527 g/mol. The number of nitrogens with zero attached hydrogens (tertiary/aromatic N) is 2. The summed E-state index contributed by atoms with van der Waals surface area (Å²) in [5, 5.41) is 2.86. The van der Waals surface area contributed by atoms with Gasteiger partial charge in [0, 0.05) is 20.0 Å². The third kappa shape index (κ3) is 6.86. The number of anilines is 1. The predicted octanol–water partition coefficient (Wildman–Crippen LogP) is 3.80. The van der Waals surface area contributed by atoms with Crippen LogP contribution in [0.5, 0.6) is 0 Å². The van der Waals surface area contributed by atoms with Crippen molar-refractivity contribution in [2.24, 2.45) is 0 Å². The number of hydrogen-bond acceptors (Lipinski definition) is 4. The molecule has 3 rings (SSSR count). The van der Waals surface area contributed by atoms with Crippen molar-refractivity contribution in [2.45, 2.75) is 25.9 Å². The number of nitrogens with one attached hydrogen (secondary N) is 1. The lowest BCUT2D eigenvalue weighted by atomic mass is 10.0. The van der Waals surface area contributed by atoms with E-state index >= 15 is 0 Å². The Morgan fingerprint density at radius 3 is 2.17 bits per heavy atom. The highest BCUT2D eigenvalue weighted by atomic mass is 35.5. The smallest absolute Gasteiger partial charge is 0.244 e. The molecule has 7 nitrogen and oxygen atoms in total. The van der Waals surface area contributed by atoms with Crippen LogP contribution in [0, 0.1) is 6.92 Å². The highest BCUT2D eigenvalue weighted by molar-refractivity contribution is 7.92. The molecule has 0 aliphatic rings. The van der Waals surface area contributed by atoms with Crippen LogP contribution in [0.4, 0.5) is 5.69 Å². The molecule has 0 aliphatic heterocycles. The van der Waals surface area contributed by atoms with Gasteiger partial charge in [-0.15, -0.1) is 0 Å². The Morgan fingerprint density at radius 1 is 0.944 bits per heavy atom. The first-order valence-electron chi connectivity index (χ1n) is 11.4. The molecule has 0 saturated carbocycles. The normalized spacial score (nSPS) is 12.0. The minimum atomic E-state index is -3.86. The molecule has 0 radical (unpaired) electrons. The Balaban J connectivity index is 2.05. The number of likely N-dealkylation sites (N-methyl/N-ethyl adjacent to an activating group) is 1. The first-order chi connectivity index (χ1) is 17.1.